The first-order valence-corrected chi connectivity index (χ1v) is 4.75. The Hall–Kier alpha value is -1.65. The molecule has 82 valence electrons. The lowest BCUT2D eigenvalue weighted by Crippen LogP contribution is -2.61. The van der Waals surface area contributed by atoms with Crippen molar-refractivity contribution in [3.05, 3.63) is 11.6 Å². The van der Waals surface area contributed by atoms with E-state index in [1.807, 2.05) is 0 Å². The number of allylic oxidation sites excluding steroid dienone is 1. The van der Waals surface area contributed by atoms with Crippen LogP contribution in [0.25, 0.3) is 0 Å². The van der Waals surface area contributed by atoms with Crippen LogP contribution in [0.3, 0.4) is 0 Å². The molecule has 0 unspecified atom stereocenters. The van der Waals surface area contributed by atoms with E-state index in [-0.39, 0.29) is 0 Å². The zero-order chi connectivity index (χ0) is 11.6. The molecule has 5 heteroatoms. The van der Waals surface area contributed by atoms with Gasteiger partial charge in [-0.1, -0.05) is 18.6 Å². The summed E-state index contributed by atoms with van der Waals surface area (Å²) < 4.78 is 0. The number of urea groups is 1. The first kappa shape index (κ1) is 11.4. The summed E-state index contributed by atoms with van der Waals surface area (Å²) in [6.07, 6.45) is 1.91. The highest BCUT2D eigenvalue weighted by Crippen LogP contribution is 2.28. The van der Waals surface area contributed by atoms with Crippen LogP contribution in [-0.2, 0) is 9.59 Å². The van der Waals surface area contributed by atoms with E-state index in [2.05, 4.69) is 10.6 Å². The Balaban J connectivity index is 3.17. The number of carbonyl (C=O) groups excluding carboxylic acids is 3. The van der Waals surface area contributed by atoms with Gasteiger partial charge in [-0.25, -0.2) is 4.79 Å². The smallest absolute Gasteiger partial charge is 0.277 e. The Morgan fingerprint density at radius 2 is 1.67 bits per heavy atom. The van der Waals surface area contributed by atoms with Crippen LogP contribution >= 0.6 is 0 Å². The summed E-state index contributed by atoms with van der Waals surface area (Å²) in [6, 6.07) is -0.753. The van der Waals surface area contributed by atoms with E-state index in [4.69, 9.17) is 0 Å². The third-order valence-corrected chi connectivity index (χ3v) is 2.36. The zero-order valence-electron chi connectivity index (χ0n) is 9.01. The van der Waals surface area contributed by atoms with Crippen molar-refractivity contribution in [3.63, 3.8) is 0 Å². The number of hydrogen-bond donors (Lipinski definition) is 2. The molecule has 0 radical (unpaired) electrons. The molecule has 0 aromatic carbocycles. The molecule has 4 amide bonds. The molecule has 0 saturated carbocycles. The maximum Gasteiger partial charge on any atom is 0.328 e. The number of carbonyl (C=O) groups is 3. The summed E-state index contributed by atoms with van der Waals surface area (Å²) in [5.41, 5.74) is -0.385. The highest BCUT2D eigenvalue weighted by atomic mass is 16.2. The van der Waals surface area contributed by atoms with Gasteiger partial charge in [0, 0.05) is 0 Å². The highest BCUT2D eigenvalue weighted by Gasteiger charge is 2.47. The van der Waals surface area contributed by atoms with Crippen LogP contribution < -0.4 is 10.6 Å². The molecule has 1 aliphatic rings. The van der Waals surface area contributed by atoms with Crippen molar-refractivity contribution in [3.8, 4) is 0 Å². The third-order valence-electron chi connectivity index (χ3n) is 2.36. The van der Waals surface area contributed by atoms with Crippen LogP contribution in [0, 0.1) is 5.41 Å². The van der Waals surface area contributed by atoms with E-state index in [1.54, 1.807) is 26.8 Å². The topological polar surface area (TPSA) is 75.3 Å². The van der Waals surface area contributed by atoms with E-state index >= 15 is 0 Å². The molecule has 5 nitrogen and oxygen atoms in total. The monoisotopic (exact) mass is 210 g/mol. The minimum Gasteiger partial charge on any atom is -0.277 e. The van der Waals surface area contributed by atoms with E-state index in [9.17, 15) is 14.4 Å². The second-order valence-corrected chi connectivity index (χ2v) is 3.78. The summed E-state index contributed by atoms with van der Waals surface area (Å²) in [6.45, 7) is 5.33. The van der Waals surface area contributed by atoms with Crippen molar-refractivity contribution in [1.82, 2.24) is 10.6 Å². The number of amides is 4. The average molecular weight is 210 g/mol. The Labute approximate surface area is 87.9 Å². The maximum absolute atomic E-state index is 11.7. The second kappa shape index (κ2) is 3.84. The molecule has 0 bridgehead atoms. The van der Waals surface area contributed by atoms with Crippen LogP contribution in [0.2, 0.25) is 0 Å². The normalized spacial score (nSPS) is 19.3. The molecule has 0 aromatic heterocycles. The molecule has 2 N–H and O–H groups in total. The quantitative estimate of drug-likeness (QED) is 0.520. The van der Waals surface area contributed by atoms with E-state index in [0.29, 0.717) is 6.42 Å². The number of rotatable bonds is 2. The Bertz CT molecular complexity index is 334. The summed E-state index contributed by atoms with van der Waals surface area (Å²) >= 11 is 0. The Morgan fingerprint density at radius 1 is 1.20 bits per heavy atom. The molecule has 1 rings (SSSR count). The summed E-state index contributed by atoms with van der Waals surface area (Å²) in [5.74, 6) is -1.11. The maximum atomic E-state index is 11.7. The number of nitrogens with one attached hydrogen (secondary N) is 2. The minimum absolute atomic E-state index is 0.323. The predicted octanol–water partition coefficient (Wildman–Crippen LogP) is 0.715. The van der Waals surface area contributed by atoms with Crippen LogP contribution in [0.4, 0.5) is 4.79 Å². The molecule has 15 heavy (non-hydrogen) atoms. The standard InChI is InChI=1S/C10H14N2O3/c1-4-10(5-6(2)3)7(13)11-9(15)12-8(10)14/h5H,4H2,1-3H3,(H2,11,12,13,14,15). The van der Waals surface area contributed by atoms with Gasteiger partial charge >= 0.3 is 6.03 Å². The average Bonchev–Trinajstić information content (AvgIpc) is 2.11. The van der Waals surface area contributed by atoms with Crippen LogP contribution in [0.1, 0.15) is 27.2 Å². The minimum atomic E-state index is -1.24. The highest BCUT2D eigenvalue weighted by molar-refractivity contribution is 6.20. The van der Waals surface area contributed by atoms with Crippen molar-refractivity contribution >= 4 is 17.8 Å². The Kier molecular flexibility index (Phi) is 2.93. The van der Waals surface area contributed by atoms with Gasteiger partial charge in [0.05, 0.1) is 0 Å². The van der Waals surface area contributed by atoms with Crippen LogP contribution in [0.15, 0.2) is 11.6 Å². The van der Waals surface area contributed by atoms with Crippen molar-refractivity contribution in [1.29, 1.82) is 0 Å². The number of hydrogen-bond acceptors (Lipinski definition) is 3. The van der Waals surface area contributed by atoms with Crippen molar-refractivity contribution in [2.75, 3.05) is 0 Å². The molecule has 0 aromatic rings. The van der Waals surface area contributed by atoms with Crippen molar-refractivity contribution in [2.45, 2.75) is 27.2 Å². The third kappa shape index (κ3) is 1.91. The fraction of sp³-hybridized carbons (Fsp3) is 0.500. The molecule has 0 aliphatic carbocycles. The predicted molar refractivity (Wildman–Crippen MR) is 53.8 cm³/mol. The van der Waals surface area contributed by atoms with Gasteiger partial charge in [0.15, 0.2) is 0 Å². The number of barbiturate groups is 1. The van der Waals surface area contributed by atoms with Gasteiger partial charge in [-0.2, -0.15) is 0 Å². The van der Waals surface area contributed by atoms with Gasteiger partial charge in [-0.05, 0) is 20.3 Å². The van der Waals surface area contributed by atoms with E-state index in [1.165, 1.54) is 0 Å². The molecule has 0 atom stereocenters. The fourth-order valence-electron chi connectivity index (χ4n) is 1.61. The molecule has 0 spiro atoms. The lowest BCUT2D eigenvalue weighted by atomic mass is 9.80. The van der Waals surface area contributed by atoms with E-state index in [0.717, 1.165) is 5.57 Å². The Morgan fingerprint density at radius 3 is 2.00 bits per heavy atom. The molecule has 1 heterocycles. The molecule has 1 aliphatic heterocycles. The van der Waals surface area contributed by atoms with Crippen LogP contribution in [-0.4, -0.2) is 17.8 Å². The van der Waals surface area contributed by atoms with Gasteiger partial charge in [0.1, 0.15) is 5.41 Å². The first-order valence-electron chi connectivity index (χ1n) is 4.75. The van der Waals surface area contributed by atoms with Gasteiger partial charge in [0.25, 0.3) is 0 Å². The van der Waals surface area contributed by atoms with Gasteiger partial charge in [0.2, 0.25) is 11.8 Å². The lowest BCUT2D eigenvalue weighted by Gasteiger charge is -2.30. The van der Waals surface area contributed by atoms with Gasteiger partial charge in [-0.3, -0.25) is 20.2 Å². The molecular formula is C10H14N2O3. The second-order valence-electron chi connectivity index (χ2n) is 3.78. The van der Waals surface area contributed by atoms with Crippen molar-refractivity contribution in [2.24, 2.45) is 5.41 Å². The summed E-state index contributed by atoms with van der Waals surface area (Å²) in [7, 11) is 0. The summed E-state index contributed by atoms with van der Waals surface area (Å²) in [5, 5.41) is 4.20. The van der Waals surface area contributed by atoms with Gasteiger partial charge in [-0.15, -0.1) is 0 Å². The fourth-order valence-corrected chi connectivity index (χ4v) is 1.61. The zero-order valence-corrected chi connectivity index (χ0v) is 9.01. The van der Waals surface area contributed by atoms with E-state index < -0.39 is 23.3 Å². The lowest BCUT2D eigenvalue weighted by molar-refractivity contribution is -0.141. The summed E-state index contributed by atoms with van der Waals surface area (Å²) in [4.78, 5) is 34.2. The van der Waals surface area contributed by atoms with Gasteiger partial charge < -0.3 is 0 Å². The first-order chi connectivity index (χ1) is 6.92. The largest absolute Gasteiger partial charge is 0.328 e. The molecule has 1 saturated heterocycles. The van der Waals surface area contributed by atoms with Crippen molar-refractivity contribution < 1.29 is 14.4 Å². The number of imide groups is 2. The SMILES string of the molecule is CCC1(C=C(C)C)C(=O)NC(=O)NC1=O. The van der Waals surface area contributed by atoms with Crippen LogP contribution in [0.5, 0.6) is 0 Å². The molecular weight excluding hydrogens is 196 g/mol. The molecule has 1 fully saturated rings.